The maximum Gasteiger partial charge on any atom is 0.305 e. The number of hydrogen-bond acceptors (Lipinski definition) is 3. The van der Waals surface area contributed by atoms with Crippen molar-refractivity contribution in [2.75, 3.05) is 5.32 Å². The number of carboxylic acids is 1. The van der Waals surface area contributed by atoms with Crippen molar-refractivity contribution in [2.45, 2.75) is 26.3 Å². The summed E-state index contributed by atoms with van der Waals surface area (Å²) in [6.07, 6.45) is 1.79. The van der Waals surface area contributed by atoms with Gasteiger partial charge in [0.15, 0.2) is 0 Å². The lowest BCUT2D eigenvalue weighted by Crippen LogP contribution is -2.19. The highest BCUT2D eigenvalue weighted by molar-refractivity contribution is 5.68. The third-order valence-electron chi connectivity index (χ3n) is 1.79. The summed E-state index contributed by atoms with van der Waals surface area (Å²) in [5, 5.41) is 11.6. The van der Waals surface area contributed by atoms with Crippen LogP contribution in [-0.2, 0) is 4.79 Å². The summed E-state index contributed by atoms with van der Waals surface area (Å²) < 4.78 is 0. The predicted octanol–water partition coefficient (Wildman–Crippen LogP) is 1.67. The molecule has 0 saturated heterocycles. The summed E-state index contributed by atoms with van der Waals surface area (Å²) in [6, 6.07) is 3.67. The topological polar surface area (TPSA) is 62.2 Å². The molecule has 1 aromatic heterocycles. The first-order valence-electron chi connectivity index (χ1n) is 4.49. The second-order valence-corrected chi connectivity index (χ2v) is 3.36. The Morgan fingerprint density at radius 1 is 1.71 bits per heavy atom. The van der Waals surface area contributed by atoms with E-state index in [1.807, 2.05) is 26.0 Å². The van der Waals surface area contributed by atoms with Crippen molar-refractivity contribution in [2.24, 2.45) is 0 Å². The first-order chi connectivity index (χ1) is 6.58. The van der Waals surface area contributed by atoms with Crippen LogP contribution >= 0.6 is 0 Å². The van der Waals surface area contributed by atoms with Crippen LogP contribution in [0, 0.1) is 6.92 Å². The van der Waals surface area contributed by atoms with Crippen LogP contribution in [0.15, 0.2) is 18.3 Å². The van der Waals surface area contributed by atoms with Gasteiger partial charge in [0.25, 0.3) is 0 Å². The monoisotopic (exact) mass is 194 g/mol. The molecular weight excluding hydrogens is 180 g/mol. The number of carbonyl (C=O) groups is 1. The highest BCUT2D eigenvalue weighted by Gasteiger charge is 2.07. The molecule has 0 spiro atoms. The average Bonchev–Trinajstić information content (AvgIpc) is 2.01. The minimum atomic E-state index is -0.808. The number of nitrogens with one attached hydrogen (secondary N) is 1. The largest absolute Gasteiger partial charge is 0.481 e. The Bertz CT molecular complexity index is 326. The zero-order valence-electron chi connectivity index (χ0n) is 8.32. The highest BCUT2D eigenvalue weighted by atomic mass is 16.4. The van der Waals surface area contributed by atoms with Gasteiger partial charge in [0, 0.05) is 12.2 Å². The molecule has 0 aromatic carbocycles. The van der Waals surface area contributed by atoms with Crippen LogP contribution in [0.2, 0.25) is 0 Å². The van der Waals surface area contributed by atoms with Gasteiger partial charge in [-0.1, -0.05) is 0 Å². The zero-order valence-corrected chi connectivity index (χ0v) is 8.32. The van der Waals surface area contributed by atoms with Crippen molar-refractivity contribution >= 4 is 11.8 Å². The van der Waals surface area contributed by atoms with Crippen molar-refractivity contribution in [1.29, 1.82) is 0 Å². The number of pyridine rings is 1. The number of hydrogen-bond donors (Lipinski definition) is 2. The fraction of sp³-hybridized carbons (Fsp3) is 0.400. The smallest absolute Gasteiger partial charge is 0.305 e. The Morgan fingerprint density at radius 2 is 2.43 bits per heavy atom. The van der Waals surface area contributed by atoms with Crippen molar-refractivity contribution < 1.29 is 9.90 Å². The van der Waals surface area contributed by atoms with E-state index in [0.717, 1.165) is 11.4 Å². The Kier molecular flexibility index (Phi) is 3.45. The van der Waals surface area contributed by atoms with Crippen LogP contribution in [0.4, 0.5) is 5.82 Å². The average molecular weight is 194 g/mol. The van der Waals surface area contributed by atoms with Gasteiger partial charge >= 0.3 is 5.97 Å². The molecule has 1 heterocycles. The van der Waals surface area contributed by atoms with E-state index in [0.29, 0.717) is 0 Å². The molecule has 0 radical (unpaired) electrons. The molecule has 1 aromatic rings. The van der Waals surface area contributed by atoms with Crippen molar-refractivity contribution in [3.63, 3.8) is 0 Å². The third kappa shape index (κ3) is 3.43. The highest BCUT2D eigenvalue weighted by Crippen LogP contribution is 2.07. The molecule has 14 heavy (non-hydrogen) atoms. The molecule has 0 bridgehead atoms. The van der Waals surface area contributed by atoms with Gasteiger partial charge in [-0.25, -0.2) is 4.98 Å². The molecule has 76 valence electrons. The molecule has 0 fully saturated rings. The molecule has 1 rings (SSSR count). The maximum atomic E-state index is 10.4. The summed E-state index contributed by atoms with van der Waals surface area (Å²) in [4.78, 5) is 14.5. The van der Waals surface area contributed by atoms with Crippen LogP contribution in [0.1, 0.15) is 18.9 Å². The Morgan fingerprint density at radius 3 is 3.00 bits per heavy atom. The summed E-state index contributed by atoms with van der Waals surface area (Å²) >= 11 is 0. The Labute approximate surface area is 83.0 Å². The van der Waals surface area contributed by atoms with E-state index in [9.17, 15) is 4.79 Å². The van der Waals surface area contributed by atoms with Gasteiger partial charge in [-0.05, 0) is 31.5 Å². The van der Waals surface area contributed by atoms with Crippen LogP contribution in [0.3, 0.4) is 0 Å². The summed E-state index contributed by atoms with van der Waals surface area (Å²) in [5.74, 6) is -0.0867. The number of nitrogens with zero attached hydrogens (tertiary/aromatic N) is 1. The van der Waals surface area contributed by atoms with E-state index in [1.54, 1.807) is 6.20 Å². The molecule has 0 aliphatic heterocycles. The summed E-state index contributed by atoms with van der Waals surface area (Å²) in [5.41, 5.74) is 1.10. The fourth-order valence-electron chi connectivity index (χ4n) is 1.18. The maximum absolute atomic E-state index is 10.4. The van der Waals surface area contributed by atoms with Gasteiger partial charge < -0.3 is 10.4 Å². The van der Waals surface area contributed by atoms with E-state index in [1.165, 1.54) is 0 Å². The Balaban J connectivity index is 2.55. The van der Waals surface area contributed by atoms with Crippen molar-refractivity contribution in [1.82, 2.24) is 4.98 Å². The lowest BCUT2D eigenvalue weighted by atomic mass is 10.2. The van der Waals surface area contributed by atoms with Crippen LogP contribution in [0.25, 0.3) is 0 Å². The number of anilines is 1. The molecule has 4 heteroatoms. The van der Waals surface area contributed by atoms with Gasteiger partial charge in [0.2, 0.25) is 0 Å². The summed E-state index contributed by atoms with van der Waals surface area (Å²) in [7, 11) is 0. The van der Waals surface area contributed by atoms with Gasteiger partial charge in [-0.15, -0.1) is 0 Å². The molecule has 0 amide bonds. The number of aromatic nitrogens is 1. The Hall–Kier alpha value is -1.58. The molecule has 1 atom stereocenters. The van der Waals surface area contributed by atoms with Crippen LogP contribution in [0.5, 0.6) is 0 Å². The number of rotatable bonds is 4. The van der Waals surface area contributed by atoms with E-state index in [2.05, 4.69) is 10.3 Å². The molecule has 1 unspecified atom stereocenters. The molecule has 0 aliphatic rings. The quantitative estimate of drug-likeness (QED) is 0.765. The minimum Gasteiger partial charge on any atom is -0.481 e. The first kappa shape index (κ1) is 10.5. The number of carboxylic acid groups (broad SMARTS) is 1. The van der Waals surface area contributed by atoms with Crippen molar-refractivity contribution in [3.05, 3.63) is 23.9 Å². The van der Waals surface area contributed by atoms with Gasteiger partial charge in [0.05, 0.1) is 6.42 Å². The van der Waals surface area contributed by atoms with Gasteiger partial charge in [-0.2, -0.15) is 0 Å². The standard InChI is InChI=1S/C10H14N2O2/c1-7-3-4-11-9(5-7)12-8(2)6-10(13)14/h3-5,8H,6H2,1-2H3,(H,11,12)(H,13,14). The lowest BCUT2D eigenvalue weighted by Gasteiger charge is -2.11. The van der Waals surface area contributed by atoms with E-state index in [4.69, 9.17) is 5.11 Å². The van der Waals surface area contributed by atoms with E-state index < -0.39 is 5.97 Å². The number of aliphatic carboxylic acids is 1. The number of aryl methyl sites for hydroxylation is 1. The molecule has 0 aliphatic carbocycles. The molecular formula is C10H14N2O2. The van der Waals surface area contributed by atoms with E-state index >= 15 is 0 Å². The second kappa shape index (κ2) is 4.60. The first-order valence-corrected chi connectivity index (χ1v) is 4.49. The molecule has 0 saturated carbocycles. The van der Waals surface area contributed by atoms with Gasteiger partial charge in [-0.3, -0.25) is 4.79 Å². The third-order valence-corrected chi connectivity index (χ3v) is 1.79. The van der Waals surface area contributed by atoms with Crippen molar-refractivity contribution in [3.8, 4) is 0 Å². The van der Waals surface area contributed by atoms with E-state index in [-0.39, 0.29) is 12.5 Å². The minimum absolute atomic E-state index is 0.0929. The fourth-order valence-corrected chi connectivity index (χ4v) is 1.18. The van der Waals surface area contributed by atoms with Gasteiger partial charge in [0.1, 0.15) is 5.82 Å². The second-order valence-electron chi connectivity index (χ2n) is 3.36. The summed E-state index contributed by atoms with van der Waals surface area (Å²) in [6.45, 7) is 3.78. The molecule has 4 nitrogen and oxygen atoms in total. The normalized spacial score (nSPS) is 12.1. The lowest BCUT2D eigenvalue weighted by molar-refractivity contribution is -0.137. The molecule has 2 N–H and O–H groups in total. The SMILES string of the molecule is Cc1ccnc(NC(C)CC(=O)O)c1. The van der Waals surface area contributed by atoms with Crippen LogP contribution < -0.4 is 5.32 Å². The zero-order chi connectivity index (χ0) is 10.6. The van der Waals surface area contributed by atoms with Crippen LogP contribution in [-0.4, -0.2) is 22.1 Å². The predicted molar refractivity (Wildman–Crippen MR) is 54.3 cm³/mol.